The summed E-state index contributed by atoms with van der Waals surface area (Å²) in [5, 5.41) is 0. The van der Waals surface area contributed by atoms with E-state index in [1.807, 2.05) is 0 Å². The standard InChI is InChI=1S/C21H27I/c1-20(2,3)17-11-7-15(8-12-17)19(22)16-9-13-18(14-10-16)21(4,5)6/h7-14,19H,1-6H3. The molecule has 0 aromatic heterocycles. The molecule has 0 nitrogen and oxygen atoms in total. The van der Waals surface area contributed by atoms with Gasteiger partial charge in [-0.3, -0.25) is 0 Å². The van der Waals surface area contributed by atoms with Crippen LogP contribution in [-0.2, 0) is 10.8 Å². The third kappa shape index (κ3) is 4.13. The molecule has 0 amide bonds. The maximum Gasteiger partial charge on any atom is 0.0608 e. The minimum absolute atomic E-state index is 0.216. The quantitative estimate of drug-likeness (QED) is 0.380. The Bertz CT molecular complexity index is 549. The van der Waals surface area contributed by atoms with Crippen LogP contribution in [-0.4, -0.2) is 0 Å². The van der Waals surface area contributed by atoms with Crippen LogP contribution in [0.1, 0.15) is 67.7 Å². The maximum absolute atomic E-state index is 2.54. The van der Waals surface area contributed by atoms with Crippen molar-refractivity contribution < 1.29 is 0 Å². The smallest absolute Gasteiger partial charge is 0.0608 e. The van der Waals surface area contributed by atoms with Gasteiger partial charge in [0.1, 0.15) is 0 Å². The van der Waals surface area contributed by atoms with Crippen LogP contribution in [0.15, 0.2) is 48.5 Å². The number of alkyl halides is 1. The first-order chi connectivity index (χ1) is 10.1. The highest BCUT2D eigenvalue weighted by atomic mass is 127. The Morgan fingerprint density at radius 3 is 1.09 bits per heavy atom. The fourth-order valence-corrected chi connectivity index (χ4v) is 3.33. The van der Waals surface area contributed by atoms with Gasteiger partial charge in [0.2, 0.25) is 0 Å². The summed E-state index contributed by atoms with van der Waals surface area (Å²) >= 11 is 2.54. The predicted octanol–water partition coefficient (Wildman–Crippen LogP) is 6.81. The van der Waals surface area contributed by atoms with Crippen molar-refractivity contribution in [3.63, 3.8) is 0 Å². The van der Waals surface area contributed by atoms with Crippen LogP contribution in [0.2, 0.25) is 0 Å². The maximum atomic E-state index is 2.54. The predicted molar refractivity (Wildman–Crippen MR) is 106 cm³/mol. The molecule has 22 heavy (non-hydrogen) atoms. The third-order valence-corrected chi connectivity index (χ3v) is 5.58. The summed E-state index contributed by atoms with van der Waals surface area (Å²) in [7, 11) is 0. The van der Waals surface area contributed by atoms with E-state index in [0.717, 1.165) is 0 Å². The normalized spacial score (nSPS) is 12.7. The highest BCUT2D eigenvalue weighted by molar-refractivity contribution is 14.1. The van der Waals surface area contributed by atoms with E-state index in [0.29, 0.717) is 3.92 Å². The van der Waals surface area contributed by atoms with Gasteiger partial charge in [-0.05, 0) is 33.1 Å². The molecular formula is C21H27I. The van der Waals surface area contributed by atoms with Gasteiger partial charge < -0.3 is 0 Å². The Labute approximate surface area is 149 Å². The summed E-state index contributed by atoms with van der Waals surface area (Å²) in [6.07, 6.45) is 0. The minimum Gasteiger partial charge on any atom is -0.0722 e. The van der Waals surface area contributed by atoms with Crippen molar-refractivity contribution in [1.29, 1.82) is 0 Å². The van der Waals surface area contributed by atoms with Gasteiger partial charge in [0.05, 0.1) is 3.92 Å². The molecule has 0 aliphatic carbocycles. The van der Waals surface area contributed by atoms with E-state index in [1.54, 1.807) is 0 Å². The first kappa shape index (κ1) is 17.5. The average Bonchev–Trinajstić information content (AvgIpc) is 2.45. The molecule has 2 aromatic carbocycles. The van der Waals surface area contributed by atoms with Gasteiger partial charge in [0, 0.05) is 0 Å². The molecule has 0 N–H and O–H groups in total. The van der Waals surface area contributed by atoms with E-state index in [2.05, 4.69) is 113 Å². The Morgan fingerprint density at radius 1 is 0.591 bits per heavy atom. The molecule has 0 saturated heterocycles. The van der Waals surface area contributed by atoms with E-state index in [4.69, 9.17) is 0 Å². The molecule has 2 aromatic rings. The fraction of sp³-hybridized carbons (Fsp3) is 0.429. The molecule has 0 aliphatic rings. The molecule has 0 atom stereocenters. The molecule has 0 heterocycles. The molecule has 0 spiro atoms. The van der Waals surface area contributed by atoms with Crippen LogP contribution in [0.3, 0.4) is 0 Å². The second-order valence-electron chi connectivity index (χ2n) is 8.11. The molecule has 118 valence electrons. The molecule has 0 bridgehead atoms. The minimum atomic E-state index is 0.216. The van der Waals surface area contributed by atoms with E-state index in [-0.39, 0.29) is 10.8 Å². The number of hydrogen-bond acceptors (Lipinski definition) is 0. The van der Waals surface area contributed by atoms with Crippen molar-refractivity contribution in [3.05, 3.63) is 70.8 Å². The summed E-state index contributed by atoms with van der Waals surface area (Å²) < 4.78 is 0.403. The largest absolute Gasteiger partial charge is 0.0722 e. The number of rotatable bonds is 2. The zero-order valence-electron chi connectivity index (χ0n) is 14.6. The number of hydrogen-bond donors (Lipinski definition) is 0. The third-order valence-electron chi connectivity index (χ3n) is 4.14. The first-order valence-electron chi connectivity index (χ1n) is 7.94. The van der Waals surface area contributed by atoms with Crippen molar-refractivity contribution in [2.45, 2.75) is 56.3 Å². The second kappa shape index (κ2) is 6.35. The van der Waals surface area contributed by atoms with Gasteiger partial charge in [-0.2, -0.15) is 0 Å². The van der Waals surface area contributed by atoms with Crippen LogP contribution in [0.4, 0.5) is 0 Å². The monoisotopic (exact) mass is 406 g/mol. The van der Waals surface area contributed by atoms with E-state index >= 15 is 0 Å². The molecule has 0 radical (unpaired) electrons. The first-order valence-corrected chi connectivity index (χ1v) is 9.18. The Hall–Kier alpha value is -0.830. The topological polar surface area (TPSA) is 0 Å². The molecule has 1 heteroatoms. The van der Waals surface area contributed by atoms with Crippen molar-refractivity contribution in [2.75, 3.05) is 0 Å². The van der Waals surface area contributed by atoms with E-state index in [9.17, 15) is 0 Å². The highest BCUT2D eigenvalue weighted by Gasteiger charge is 2.17. The lowest BCUT2D eigenvalue weighted by Crippen LogP contribution is -2.11. The van der Waals surface area contributed by atoms with Crippen LogP contribution in [0, 0.1) is 0 Å². The Morgan fingerprint density at radius 2 is 0.864 bits per heavy atom. The lowest BCUT2D eigenvalue weighted by molar-refractivity contribution is 0.590. The van der Waals surface area contributed by atoms with Crippen molar-refractivity contribution in [1.82, 2.24) is 0 Å². The highest BCUT2D eigenvalue weighted by Crippen LogP contribution is 2.34. The van der Waals surface area contributed by atoms with Gasteiger partial charge >= 0.3 is 0 Å². The van der Waals surface area contributed by atoms with Crippen LogP contribution >= 0.6 is 22.6 Å². The van der Waals surface area contributed by atoms with Gasteiger partial charge in [0.15, 0.2) is 0 Å². The second-order valence-corrected chi connectivity index (χ2v) is 9.35. The summed E-state index contributed by atoms with van der Waals surface area (Å²) in [4.78, 5) is 0. The fourth-order valence-electron chi connectivity index (χ4n) is 2.50. The van der Waals surface area contributed by atoms with Crippen LogP contribution < -0.4 is 0 Å². The molecule has 2 rings (SSSR count). The van der Waals surface area contributed by atoms with Crippen molar-refractivity contribution in [3.8, 4) is 0 Å². The zero-order valence-corrected chi connectivity index (χ0v) is 16.7. The van der Waals surface area contributed by atoms with E-state index < -0.39 is 0 Å². The average molecular weight is 406 g/mol. The lowest BCUT2D eigenvalue weighted by atomic mass is 9.85. The van der Waals surface area contributed by atoms with Crippen molar-refractivity contribution in [2.24, 2.45) is 0 Å². The van der Waals surface area contributed by atoms with Gasteiger partial charge in [-0.25, -0.2) is 0 Å². The zero-order chi connectivity index (χ0) is 16.5. The summed E-state index contributed by atoms with van der Waals surface area (Å²) in [5.41, 5.74) is 5.96. The molecule has 0 unspecified atom stereocenters. The van der Waals surface area contributed by atoms with Gasteiger partial charge in [0.25, 0.3) is 0 Å². The molecule has 0 saturated carbocycles. The van der Waals surface area contributed by atoms with E-state index in [1.165, 1.54) is 22.3 Å². The molecule has 0 aliphatic heterocycles. The SMILES string of the molecule is CC(C)(C)c1ccc(C(I)c2ccc(C(C)(C)C)cc2)cc1. The molecular weight excluding hydrogens is 379 g/mol. The van der Waals surface area contributed by atoms with Crippen LogP contribution in [0.5, 0.6) is 0 Å². The lowest BCUT2D eigenvalue weighted by Gasteiger charge is -2.21. The van der Waals surface area contributed by atoms with Crippen LogP contribution in [0.25, 0.3) is 0 Å². The summed E-state index contributed by atoms with van der Waals surface area (Å²) in [6.45, 7) is 13.6. The number of halogens is 1. The van der Waals surface area contributed by atoms with Crippen molar-refractivity contribution >= 4 is 22.6 Å². The van der Waals surface area contributed by atoms with Gasteiger partial charge in [-0.1, -0.05) is 113 Å². The summed E-state index contributed by atoms with van der Waals surface area (Å²) in [6, 6.07) is 18.2. The molecule has 0 fully saturated rings. The Balaban J connectivity index is 2.23. The van der Waals surface area contributed by atoms with Gasteiger partial charge in [-0.15, -0.1) is 0 Å². The Kier molecular flexibility index (Phi) is 5.06. The number of benzene rings is 2. The summed E-state index contributed by atoms with van der Waals surface area (Å²) in [5.74, 6) is 0.